The Morgan fingerprint density at radius 2 is 2.36 bits per heavy atom. The fourth-order valence-electron chi connectivity index (χ4n) is 1.46. The molecule has 0 aliphatic heterocycles. The van der Waals surface area contributed by atoms with Crippen LogP contribution in [-0.4, -0.2) is 5.97 Å². The van der Waals surface area contributed by atoms with Gasteiger partial charge < -0.3 is 4.74 Å². The molecule has 2 nitrogen and oxygen atoms in total. The predicted molar refractivity (Wildman–Crippen MR) is 55.0 cm³/mol. The van der Waals surface area contributed by atoms with Crippen molar-refractivity contribution in [3.63, 3.8) is 0 Å². The monoisotopic (exact) mass is 186 g/mol. The number of hydrogen-bond acceptors (Lipinski definition) is 2. The van der Waals surface area contributed by atoms with Gasteiger partial charge in [-0.2, -0.15) is 0 Å². The summed E-state index contributed by atoms with van der Waals surface area (Å²) in [6, 6.07) is 5.62. The number of fused-ring (bicyclic) bond motifs is 1. The predicted octanol–water partition coefficient (Wildman–Crippen LogP) is 2.35. The van der Waals surface area contributed by atoms with Crippen LogP contribution in [0.4, 0.5) is 0 Å². The molecule has 0 spiro atoms. The second-order valence-corrected chi connectivity index (χ2v) is 3.09. The second kappa shape index (κ2) is 3.50. The maximum atomic E-state index is 10.9. The highest BCUT2D eigenvalue weighted by Gasteiger charge is 2.07. The van der Waals surface area contributed by atoms with Crippen LogP contribution in [0.5, 0.6) is 5.75 Å². The molecule has 70 valence electrons. The summed E-state index contributed by atoms with van der Waals surface area (Å²) in [5.41, 5.74) is 2.39. The highest BCUT2D eigenvalue weighted by atomic mass is 16.5. The van der Waals surface area contributed by atoms with Crippen LogP contribution in [0, 0.1) is 0 Å². The molecule has 1 aliphatic rings. The average Bonchev–Trinajstić information content (AvgIpc) is 2.64. The molecule has 0 N–H and O–H groups in total. The van der Waals surface area contributed by atoms with Gasteiger partial charge in [-0.25, -0.2) is 4.79 Å². The zero-order valence-corrected chi connectivity index (χ0v) is 7.69. The second-order valence-electron chi connectivity index (χ2n) is 3.09. The third kappa shape index (κ3) is 1.59. The van der Waals surface area contributed by atoms with Gasteiger partial charge in [0.05, 0.1) is 0 Å². The molecule has 0 heterocycles. The largest absolute Gasteiger partial charge is 0.423 e. The summed E-state index contributed by atoms with van der Waals surface area (Å²) >= 11 is 0. The number of benzene rings is 1. The smallest absolute Gasteiger partial charge is 0.335 e. The molecule has 0 saturated heterocycles. The minimum atomic E-state index is -0.420. The van der Waals surface area contributed by atoms with Gasteiger partial charge in [0.25, 0.3) is 0 Å². The number of carbonyl (C=O) groups excluding carboxylic acids is 1. The molecule has 0 aromatic heterocycles. The number of rotatable bonds is 2. The molecule has 14 heavy (non-hydrogen) atoms. The molecule has 0 bridgehead atoms. The molecule has 0 amide bonds. The summed E-state index contributed by atoms with van der Waals surface area (Å²) in [5, 5.41) is 0. The van der Waals surface area contributed by atoms with E-state index < -0.39 is 5.97 Å². The number of esters is 1. The molecule has 1 aromatic carbocycles. The lowest BCUT2D eigenvalue weighted by Gasteiger charge is -2.03. The Bertz CT molecular complexity index is 416. The van der Waals surface area contributed by atoms with Crippen molar-refractivity contribution < 1.29 is 9.53 Å². The molecule has 1 aliphatic carbocycles. The normalized spacial score (nSPS) is 12.3. The number of carbonyl (C=O) groups is 1. The summed E-state index contributed by atoms with van der Waals surface area (Å²) in [6.07, 6.45) is 6.22. The standard InChI is InChI=1S/C12H10O2/c1-2-12(13)14-11-7-6-9-4-3-5-10(9)8-11/h2-4,6-8H,1,5H2. The van der Waals surface area contributed by atoms with Crippen molar-refractivity contribution in [2.45, 2.75) is 6.42 Å². The van der Waals surface area contributed by atoms with Gasteiger partial charge in [-0.05, 0) is 29.7 Å². The first kappa shape index (κ1) is 8.75. The Balaban J connectivity index is 2.22. The van der Waals surface area contributed by atoms with Crippen LogP contribution in [0.15, 0.2) is 36.9 Å². The number of allylic oxidation sites excluding steroid dienone is 1. The van der Waals surface area contributed by atoms with Gasteiger partial charge in [0.15, 0.2) is 0 Å². The van der Waals surface area contributed by atoms with Gasteiger partial charge in [0, 0.05) is 6.08 Å². The minimum absolute atomic E-state index is 0.420. The van der Waals surface area contributed by atoms with E-state index in [4.69, 9.17) is 4.74 Å². The Morgan fingerprint density at radius 3 is 3.14 bits per heavy atom. The lowest BCUT2D eigenvalue weighted by atomic mass is 10.1. The van der Waals surface area contributed by atoms with Crippen molar-refractivity contribution >= 4 is 12.0 Å². The van der Waals surface area contributed by atoms with Gasteiger partial charge in [-0.1, -0.05) is 24.8 Å². The zero-order chi connectivity index (χ0) is 9.97. The third-order valence-electron chi connectivity index (χ3n) is 2.13. The molecule has 1 aromatic rings. The first-order valence-corrected chi connectivity index (χ1v) is 4.43. The Morgan fingerprint density at radius 1 is 1.50 bits per heavy atom. The van der Waals surface area contributed by atoms with E-state index in [1.165, 1.54) is 11.1 Å². The lowest BCUT2D eigenvalue weighted by Crippen LogP contribution is -2.03. The molecule has 0 atom stereocenters. The van der Waals surface area contributed by atoms with E-state index in [-0.39, 0.29) is 0 Å². The van der Waals surface area contributed by atoms with Crippen molar-refractivity contribution in [1.29, 1.82) is 0 Å². The van der Waals surface area contributed by atoms with Crippen LogP contribution < -0.4 is 4.74 Å². The Hall–Kier alpha value is -1.83. The number of ether oxygens (including phenoxy) is 1. The summed E-state index contributed by atoms with van der Waals surface area (Å²) in [4.78, 5) is 10.9. The first-order valence-electron chi connectivity index (χ1n) is 4.43. The molecule has 0 saturated carbocycles. The quantitative estimate of drug-likeness (QED) is 0.402. The van der Waals surface area contributed by atoms with E-state index in [1.807, 2.05) is 12.1 Å². The van der Waals surface area contributed by atoms with Crippen molar-refractivity contribution in [2.24, 2.45) is 0 Å². The molecule has 0 unspecified atom stereocenters. The van der Waals surface area contributed by atoms with Crippen molar-refractivity contribution in [3.05, 3.63) is 48.1 Å². The van der Waals surface area contributed by atoms with E-state index >= 15 is 0 Å². The van der Waals surface area contributed by atoms with Crippen LogP contribution >= 0.6 is 0 Å². The molecular weight excluding hydrogens is 176 g/mol. The summed E-state index contributed by atoms with van der Waals surface area (Å²) in [7, 11) is 0. The highest BCUT2D eigenvalue weighted by molar-refractivity contribution is 5.83. The van der Waals surface area contributed by atoms with E-state index in [0.717, 1.165) is 12.5 Å². The molecular formula is C12H10O2. The number of hydrogen-bond donors (Lipinski definition) is 0. The van der Waals surface area contributed by atoms with E-state index in [9.17, 15) is 4.79 Å². The fourth-order valence-corrected chi connectivity index (χ4v) is 1.46. The maximum absolute atomic E-state index is 10.9. The fraction of sp³-hybridized carbons (Fsp3) is 0.0833. The maximum Gasteiger partial charge on any atom is 0.335 e. The first-order chi connectivity index (χ1) is 6.79. The molecule has 0 radical (unpaired) electrons. The minimum Gasteiger partial charge on any atom is -0.423 e. The molecule has 2 rings (SSSR count). The van der Waals surface area contributed by atoms with Gasteiger partial charge in [-0.3, -0.25) is 0 Å². The SMILES string of the molecule is C=CC(=O)Oc1ccc2c(c1)CC=C2. The van der Waals surface area contributed by atoms with Crippen LogP contribution in [0.25, 0.3) is 6.08 Å². The van der Waals surface area contributed by atoms with Gasteiger partial charge >= 0.3 is 5.97 Å². The van der Waals surface area contributed by atoms with Crippen LogP contribution in [0.1, 0.15) is 11.1 Å². The van der Waals surface area contributed by atoms with Crippen LogP contribution in [0.2, 0.25) is 0 Å². The lowest BCUT2D eigenvalue weighted by molar-refractivity contribution is -0.128. The van der Waals surface area contributed by atoms with Crippen molar-refractivity contribution in [1.82, 2.24) is 0 Å². The summed E-state index contributed by atoms with van der Waals surface area (Å²) in [6.45, 7) is 3.34. The average molecular weight is 186 g/mol. The Kier molecular flexibility index (Phi) is 2.19. The Labute approximate surface area is 82.5 Å². The van der Waals surface area contributed by atoms with Crippen molar-refractivity contribution in [2.75, 3.05) is 0 Å². The van der Waals surface area contributed by atoms with Crippen molar-refractivity contribution in [3.8, 4) is 5.75 Å². The third-order valence-corrected chi connectivity index (χ3v) is 2.13. The summed E-state index contributed by atoms with van der Waals surface area (Å²) in [5.74, 6) is 0.160. The van der Waals surface area contributed by atoms with Crippen LogP contribution in [0.3, 0.4) is 0 Å². The topological polar surface area (TPSA) is 26.3 Å². The zero-order valence-electron chi connectivity index (χ0n) is 7.69. The van der Waals surface area contributed by atoms with Gasteiger partial charge in [0.2, 0.25) is 0 Å². The van der Waals surface area contributed by atoms with E-state index in [2.05, 4.69) is 18.7 Å². The molecule has 0 fully saturated rings. The highest BCUT2D eigenvalue weighted by Crippen LogP contribution is 2.24. The molecule has 2 heteroatoms. The van der Waals surface area contributed by atoms with Crippen LogP contribution in [-0.2, 0) is 11.2 Å². The van der Waals surface area contributed by atoms with E-state index in [1.54, 1.807) is 6.07 Å². The van der Waals surface area contributed by atoms with Gasteiger partial charge in [-0.15, -0.1) is 0 Å². The van der Waals surface area contributed by atoms with Gasteiger partial charge in [0.1, 0.15) is 5.75 Å². The van der Waals surface area contributed by atoms with E-state index in [0.29, 0.717) is 5.75 Å². The summed E-state index contributed by atoms with van der Waals surface area (Å²) < 4.78 is 5.00.